The molecule has 204 valence electrons. The summed E-state index contributed by atoms with van der Waals surface area (Å²) in [7, 11) is 0. The highest BCUT2D eigenvalue weighted by atomic mass is 19.4. The van der Waals surface area contributed by atoms with E-state index in [9.17, 15) is 31.4 Å². The van der Waals surface area contributed by atoms with Crippen LogP contribution in [-0.4, -0.2) is 18.1 Å². The van der Waals surface area contributed by atoms with E-state index in [0.29, 0.717) is 22.7 Å². The highest BCUT2D eigenvalue weighted by Crippen LogP contribution is 2.36. The van der Waals surface area contributed by atoms with Gasteiger partial charge in [0.2, 0.25) is 0 Å². The Hall–Kier alpha value is -4.18. The molecule has 39 heavy (non-hydrogen) atoms. The van der Waals surface area contributed by atoms with Crippen molar-refractivity contribution in [2.24, 2.45) is 0 Å². The summed E-state index contributed by atoms with van der Waals surface area (Å²) < 4.78 is 88.6. The first-order valence-corrected chi connectivity index (χ1v) is 11.7. The maximum atomic E-state index is 13.4. The van der Waals surface area contributed by atoms with Gasteiger partial charge in [-0.15, -0.1) is 13.2 Å². The highest BCUT2D eigenvalue weighted by molar-refractivity contribution is 5.54. The van der Waals surface area contributed by atoms with E-state index in [1.54, 1.807) is 59.5 Å². The zero-order valence-corrected chi connectivity index (χ0v) is 20.3. The molecular weight excluding hydrogens is 524 g/mol. The van der Waals surface area contributed by atoms with Crippen LogP contribution in [0, 0.1) is 0 Å². The predicted molar refractivity (Wildman–Crippen MR) is 134 cm³/mol. The van der Waals surface area contributed by atoms with Crippen LogP contribution in [0.2, 0.25) is 0 Å². The van der Waals surface area contributed by atoms with Crippen LogP contribution in [-0.2, 0) is 12.7 Å². The van der Waals surface area contributed by atoms with Gasteiger partial charge >= 0.3 is 12.5 Å². The SMILES string of the molecule is OCC(c1cccc(C(F)(F)F)c1)N(Cc1cccc(OC(F)(F)F)c1)c1cccc(Oc2ccccc2)c1. The van der Waals surface area contributed by atoms with Crippen molar-refractivity contribution < 1.29 is 40.9 Å². The van der Waals surface area contributed by atoms with Crippen LogP contribution in [0.25, 0.3) is 0 Å². The number of halogens is 6. The van der Waals surface area contributed by atoms with E-state index in [1.807, 2.05) is 6.07 Å². The zero-order chi connectivity index (χ0) is 28.0. The number of ether oxygens (including phenoxy) is 2. The monoisotopic (exact) mass is 547 g/mol. The number of alkyl halides is 6. The quantitative estimate of drug-likeness (QED) is 0.215. The first kappa shape index (κ1) is 27.8. The minimum Gasteiger partial charge on any atom is -0.457 e. The number of rotatable bonds is 9. The number of nitrogens with zero attached hydrogens (tertiary/aromatic N) is 1. The number of aliphatic hydroxyl groups excluding tert-OH is 1. The summed E-state index contributed by atoms with van der Waals surface area (Å²) in [5.41, 5.74) is 0.114. The van der Waals surface area contributed by atoms with E-state index in [-0.39, 0.29) is 12.1 Å². The van der Waals surface area contributed by atoms with Gasteiger partial charge in [-0.2, -0.15) is 13.2 Å². The Morgan fingerprint density at radius 2 is 1.36 bits per heavy atom. The first-order chi connectivity index (χ1) is 18.5. The molecule has 0 aromatic heterocycles. The van der Waals surface area contributed by atoms with Gasteiger partial charge in [0.05, 0.1) is 18.2 Å². The van der Waals surface area contributed by atoms with Crippen molar-refractivity contribution in [3.05, 3.63) is 120 Å². The fourth-order valence-electron chi connectivity index (χ4n) is 4.08. The number of anilines is 1. The lowest BCUT2D eigenvalue weighted by molar-refractivity contribution is -0.274. The second-order valence-electron chi connectivity index (χ2n) is 8.56. The molecule has 0 bridgehead atoms. The van der Waals surface area contributed by atoms with Crippen LogP contribution in [0.4, 0.5) is 32.0 Å². The smallest absolute Gasteiger partial charge is 0.457 e. The van der Waals surface area contributed by atoms with Crippen LogP contribution in [0.5, 0.6) is 17.2 Å². The van der Waals surface area contributed by atoms with Crippen molar-refractivity contribution >= 4 is 5.69 Å². The molecule has 0 aliphatic heterocycles. The molecule has 10 heteroatoms. The minimum atomic E-state index is -4.90. The third-order valence-electron chi connectivity index (χ3n) is 5.76. The van der Waals surface area contributed by atoms with E-state index < -0.39 is 36.5 Å². The lowest BCUT2D eigenvalue weighted by Crippen LogP contribution is -2.31. The van der Waals surface area contributed by atoms with Gasteiger partial charge in [0.25, 0.3) is 0 Å². The van der Waals surface area contributed by atoms with Crippen molar-refractivity contribution in [3.63, 3.8) is 0 Å². The number of benzene rings is 4. The second-order valence-corrected chi connectivity index (χ2v) is 8.56. The molecule has 0 saturated carbocycles. The first-order valence-electron chi connectivity index (χ1n) is 11.7. The van der Waals surface area contributed by atoms with E-state index in [1.165, 1.54) is 24.3 Å². The van der Waals surface area contributed by atoms with E-state index in [0.717, 1.165) is 18.2 Å². The molecule has 0 fully saturated rings. The molecule has 0 radical (unpaired) electrons. The Morgan fingerprint density at radius 3 is 2.05 bits per heavy atom. The Bertz CT molecular complexity index is 1380. The number of hydrogen-bond donors (Lipinski definition) is 1. The molecule has 0 spiro atoms. The number of para-hydroxylation sites is 1. The van der Waals surface area contributed by atoms with Gasteiger partial charge in [0.1, 0.15) is 17.2 Å². The summed E-state index contributed by atoms with van der Waals surface area (Å²) in [4.78, 5) is 1.60. The Morgan fingerprint density at radius 1 is 0.692 bits per heavy atom. The van der Waals surface area contributed by atoms with Crippen molar-refractivity contribution in [1.82, 2.24) is 0 Å². The fraction of sp³-hybridized carbons (Fsp3) is 0.172. The molecule has 0 amide bonds. The van der Waals surface area contributed by atoms with Crippen LogP contribution in [0.1, 0.15) is 22.7 Å². The lowest BCUT2D eigenvalue weighted by Gasteiger charge is -2.34. The molecule has 0 aliphatic carbocycles. The van der Waals surface area contributed by atoms with E-state index in [2.05, 4.69) is 4.74 Å². The summed E-state index contributed by atoms with van der Waals surface area (Å²) >= 11 is 0. The van der Waals surface area contributed by atoms with E-state index >= 15 is 0 Å². The van der Waals surface area contributed by atoms with Gasteiger partial charge in [-0.25, -0.2) is 0 Å². The normalized spacial score (nSPS) is 12.6. The minimum absolute atomic E-state index is 0.0642. The van der Waals surface area contributed by atoms with Crippen molar-refractivity contribution in [1.29, 1.82) is 0 Å². The maximum absolute atomic E-state index is 13.4. The predicted octanol–water partition coefficient (Wildman–Crippen LogP) is 8.14. The van der Waals surface area contributed by atoms with Crippen LogP contribution < -0.4 is 14.4 Å². The molecule has 4 aromatic carbocycles. The standard InChI is InChI=1S/C29H23F6NO3/c30-28(31,32)22-9-5-8-21(16-22)27(19-37)36(18-20-7-4-14-26(15-20)39-29(33,34)35)23-10-6-13-25(17-23)38-24-11-2-1-3-12-24/h1-17,27,37H,18-19H2. The van der Waals surface area contributed by atoms with Crippen molar-refractivity contribution in [2.45, 2.75) is 25.1 Å². The van der Waals surface area contributed by atoms with Gasteiger partial charge in [-0.3, -0.25) is 0 Å². The molecule has 1 N–H and O–H groups in total. The molecular formula is C29H23F6NO3. The summed E-state index contributed by atoms with van der Waals surface area (Å²) in [6.45, 7) is -0.644. The second kappa shape index (κ2) is 11.7. The summed E-state index contributed by atoms with van der Waals surface area (Å²) in [5, 5.41) is 10.4. The number of aliphatic hydroxyl groups is 1. The van der Waals surface area contributed by atoms with Crippen LogP contribution in [0.3, 0.4) is 0 Å². The van der Waals surface area contributed by atoms with Gasteiger partial charge in [-0.1, -0.05) is 48.5 Å². The molecule has 1 atom stereocenters. The number of hydrogen-bond acceptors (Lipinski definition) is 4. The average Bonchev–Trinajstić information content (AvgIpc) is 2.88. The summed E-state index contributed by atoms with van der Waals surface area (Å²) in [6.07, 6.45) is -9.50. The van der Waals surface area contributed by atoms with Crippen molar-refractivity contribution in [2.75, 3.05) is 11.5 Å². The molecule has 0 aliphatic rings. The molecule has 4 rings (SSSR count). The fourth-order valence-corrected chi connectivity index (χ4v) is 4.08. The molecule has 4 nitrogen and oxygen atoms in total. The van der Waals surface area contributed by atoms with E-state index in [4.69, 9.17) is 4.74 Å². The summed E-state index contributed by atoms with van der Waals surface area (Å²) in [6, 6.07) is 24.4. The lowest BCUT2D eigenvalue weighted by atomic mass is 10.0. The van der Waals surface area contributed by atoms with Gasteiger partial charge in [-0.05, 0) is 59.7 Å². The zero-order valence-electron chi connectivity index (χ0n) is 20.3. The Balaban J connectivity index is 1.74. The third kappa shape index (κ3) is 7.67. The van der Waals surface area contributed by atoms with Crippen LogP contribution in [0.15, 0.2) is 103 Å². The molecule has 1 unspecified atom stereocenters. The summed E-state index contributed by atoms with van der Waals surface area (Å²) in [5.74, 6) is 0.522. The van der Waals surface area contributed by atoms with Gasteiger partial charge in [0.15, 0.2) is 0 Å². The Kier molecular flexibility index (Phi) is 8.35. The third-order valence-corrected chi connectivity index (χ3v) is 5.76. The molecule has 0 heterocycles. The molecule has 4 aromatic rings. The largest absolute Gasteiger partial charge is 0.573 e. The highest BCUT2D eigenvalue weighted by Gasteiger charge is 2.33. The maximum Gasteiger partial charge on any atom is 0.573 e. The van der Waals surface area contributed by atoms with Crippen molar-refractivity contribution in [3.8, 4) is 17.2 Å². The topological polar surface area (TPSA) is 41.9 Å². The Labute approximate surface area is 220 Å². The molecule has 0 saturated heterocycles. The average molecular weight is 547 g/mol. The van der Waals surface area contributed by atoms with Gasteiger partial charge in [0, 0.05) is 18.3 Å². The van der Waals surface area contributed by atoms with Crippen LogP contribution >= 0.6 is 0 Å². The van der Waals surface area contributed by atoms with Gasteiger partial charge < -0.3 is 19.5 Å².